The van der Waals surface area contributed by atoms with Gasteiger partial charge in [-0.15, -0.1) is 11.3 Å². The number of thiophene rings is 1. The molecular weight excluding hydrogens is 589 g/mol. The van der Waals surface area contributed by atoms with E-state index in [0.717, 1.165) is 11.5 Å². The molecule has 0 saturated carbocycles. The summed E-state index contributed by atoms with van der Waals surface area (Å²) in [5.41, 5.74) is 7.13. The van der Waals surface area contributed by atoms with Crippen LogP contribution in [0.4, 0.5) is 0 Å². The van der Waals surface area contributed by atoms with E-state index in [0.29, 0.717) is 0 Å². The Balaban J connectivity index is 1.03. The molecule has 0 N–H and O–H groups in total. The molecule has 1 aliphatic rings. The Morgan fingerprint density at radius 3 is 1.62 bits per heavy atom. The van der Waals surface area contributed by atoms with Crippen molar-refractivity contribution in [1.29, 1.82) is 0 Å². The molecule has 10 rings (SSSR count). The SMILES string of the molecule is CC1(C)c2cc(-c3ccc(-c4ccc5c6ccccc6c6ccccc6c5c4)cc3)ccc2Oc2c1ccc1c2sc2ccccc21. The van der Waals surface area contributed by atoms with E-state index in [9.17, 15) is 0 Å². The normalized spacial score (nSPS) is 13.7. The number of ether oxygens (including phenoxy) is 1. The van der Waals surface area contributed by atoms with Crippen molar-refractivity contribution in [2.45, 2.75) is 19.3 Å². The quantitative estimate of drug-likeness (QED) is 0.175. The zero-order valence-corrected chi connectivity index (χ0v) is 27.0. The molecular formula is C45H30OS. The molecule has 0 radical (unpaired) electrons. The van der Waals surface area contributed by atoms with Crippen molar-refractivity contribution in [1.82, 2.24) is 0 Å². The third-order valence-corrected chi connectivity index (χ3v) is 11.5. The maximum absolute atomic E-state index is 6.73. The lowest BCUT2D eigenvalue weighted by molar-refractivity contribution is 0.424. The summed E-state index contributed by atoms with van der Waals surface area (Å²) in [5, 5.41) is 10.4. The number of fused-ring (bicyclic) bond motifs is 12. The van der Waals surface area contributed by atoms with Crippen LogP contribution in [-0.4, -0.2) is 0 Å². The first-order valence-corrected chi connectivity index (χ1v) is 17.1. The van der Waals surface area contributed by atoms with Gasteiger partial charge in [0, 0.05) is 32.0 Å². The average molecular weight is 619 g/mol. The van der Waals surface area contributed by atoms with E-state index in [-0.39, 0.29) is 5.41 Å². The van der Waals surface area contributed by atoms with Crippen LogP contribution in [0.25, 0.3) is 74.7 Å². The van der Waals surface area contributed by atoms with Crippen molar-refractivity contribution in [3.05, 3.63) is 157 Å². The monoisotopic (exact) mass is 618 g/mol. The fourth-order valence-corrected chi connectivity index (χ4v) is 9.03. The summed E-state index contributed by atoms with van der Waals surface area (Å²) in [6.07, 6.45) is 0. The Hall–Kier alpha value is -5.44. The van der Waals surface area contributed by atoms with Gasteiger partial charge in [0.25, 0.3) is 0 Å². The Bertz CT molecular complexity index is 2690. The van der Waals surface area contributed by atoms with E-state index < -0.39 is 0 Å². The molecule has 2 heterocycles. The summed E-state index contributed by atoms with van der Waals surface area (Å²) in [7, 11) is 0. The molecule has 0 unspecified atom stereocenters. The highest BCUT2D eigenvalue weighted by atomic mass is 32.1. The zero-order valence-electron chi connectivity index (χ0n) is 26.2. The van der Waals surface area contributed by atoms with Crippen molar-refractivity contribution < 1.29 is 4.74 Å². The van der Waals surface area contributed by atoms with Crippen LogP contribution in [0.1, 0.15) is 25.0 Å². The Kier molecular flexibility index (Phi) is 5.57. The number of rotatable bonds is 2. The van der Waals surface area contributed by atoms with Gasteiger partial charge >= 0.3 is 0 Å². The second-order valence-corrected chi connectivity index (χ2v) is 14.3. The van der Waals surface area contributed by atoms with Crippen LogP contribution in [-0.2, 0) is 5.41 Å². The Labute approximate surface area is 277 Å². The van der Waals surface area contributed by atoms with E-state index in [1.54, 1.807) is 0 Å². The molecule has 0 aliphatic carbocycles. The van der Waals surface area contributed by atoms with Gasteiger partial charge in [0.15, 0.2) is 0 Å². The zero-order chi connectivity index (χ0) is 31.3. The van der Waals surface area contributed by atoms with E-state index in [1.165, 1.54) is 85.9 Å². The summed E-state index contributed by atoms with van der Waals surface area (Å²) >= 11 is 1.83. The molecule has 2 heteroatoms. The van der Waals surface area contributed by atoms with Gasteiger partial charge in [0.05, 0.1) is 4.70 Å². The largest absolute Gasteiger partial charge is 0.455 e. The van der Waals surface area contributed by atoms with Crippen LogP contribution in [0.3, 0.4) is 0 Å². The maximum atomic E-state index is 6.73. The molecule has 0 bridgehead atoms. The molecule has 9 aromatic rings. The first-order chi connectivity index (χ1) is 23.0. The van der Waals surface area contributed by atoms with E-state index in [4.69, 9.17) is 4.74 Å². The molecule has 0 fully saturated rings. The predicted octanol–water partition coefficient (Wildman–Crippen LogP) is 13.3. The first-order valence-electron chi connectivity index (χ1n) is 16.3. The van der Waals surface area contributed by atoms with Crippen molar-refractivity contribution in [2.24, 2.45) is 0 Å². The number of benzene rings is 8. The summed E-state index contributed by atoms with van der Waals surface area (Å²) in [6, 6.07) is 53.4. The van der Waals surface area contributed by atoms with Crippen LogP contribution in [0, 0.1) is 0 Å². The third kappa shape index (κ3) is 3.89. The number of hydrogen-bond donors (Lipinski definition) is 0. The average Bonchev–Trinajstić information content (AvgIpc) is 3.51. The second-order valence-electron chi connectivity index (χ2n) is 13.3. The van der Waals surface area contributed by atoms with Gasteiger partial charge < -0.3 is 4.74 Å². The van der Waals surface area contributed by atoms with Gasteiger partial charge in [0.1, 0.15) is 11.5 Å². The standard InChI is InChI=1S/C45H30OS/c1-45(2)39-23-22-37-36-13-7-8-14-42(36)47-44(37)43(39)46-41-24-20-30(26-40(41)45)28-17-15-27(16-18-28)29-19-21-35-33-11-4-3-9-31(33)32-10-5-6-12-34(32)38(35)25-29/h3-26H,1-2H3. The van der Waals surface area contributed by atoms with E-state index >= 15 is 0 Å². The molecule has 1 aromatic heterocycles. The molecule has 0 spiro atoms. The van der Waals surface area contributed by atoms with E-state index in [1.807, 2.05) is 11.3 Å². The van der Waals surface area contributed by atoms with Crippen LogP contribution in [0.5, 0.6) is 11.5 Å². The topological polar surface area (TPSA) is 9.23 Å². The van der Waals surface area contributed by atoms with Crippen molar-refractivity contribution in [3.8, 4) is 33.8 Å². The predicted molar refractivity (Wildman–Crippen MR) is 201 cm³/mol. The van der Waals surface area contributed by atoms with E-state index in [2.05, 4.69) is 159 Å². The molecule has 0 amide bonds. The van der Waals surface area contributed by atoms with Crippen LogP contribution >= 0.6 is 11.3 Å². The fraction of sp³-hybridized carbons (Fsp3) is 0.0667. The Morgan fingerprint density at radius 1 is 0.426 bits per heavy atom. The van der Waals surface area contributed by atoms with Gasteiger partial charge in [0.2, 0.25) is 0 Å². The van der Waals surface area contributed by atoms with Gasteiger partial charge in [-0.05, 0) is 78.8 Å². The summed E-state index contributed by atoms with van der Waals surface area (Å²) in [5.74, 6) is 1.96. The van der Waals surface area contributed by atoms with Crippen LogP contribution in [0.2, 0.25) is 0 Å². The molecule has 1 aliphatic heterocycles. The Morgan fingerprint density at radius 2 is 0.936 bits per heavy atom. The molecule has 1 nitrogen and oxygen atoms in total. The van der Waals surface area contributed by atoms with Crippen molar-refractivity contribution in [3.63, 3.8) is 0 Å². The lowest BCUT2D eigenvalue weighted by Gasteiger charge is -2.35. The molecule has 8 aromatic carbocycles. The van der Waals surface area contributed by atoms with Gasteiger partial charge in [-0.25, -0.2) is 0 Å². The molecule has 47 heavy (non-hydrogen) atoms. The fourth-order valence-electron chi connectivity index (χ4n) is 7.84. The maximum Gasteiger partial charge on any atom is 0.149 e. The summed E-state index contributed by atoms with van der Waals surface area (Å²) in [6.45, 7) is 4.65. The highest BCUT2D eigenvalue weighted by molar-refractivity contribution is 7.26. The minimum atomic E-state index is -0.193. The smallest absolute Gasteiger partial charge is 0.149 e. The van der Waals surface area contributed by atoms with Gasteiger partial charge in [-0.1, -0.05) is 135 Å². The minimum absolute atomic E-state index is 0.193. The van der Waals surface area contributed by atoms with Crippen molar-refractivity contribution in [2.75, 3.05) is 0 Å². The van der Waals surface area contributed by atoms with Gasteiger partial charge in [-0.3, -0.25) is 0 Å². The third-order valence-electron chi connectivity index (χ3n) is 10.3. The minimum Gasteiger partial charge on any atom is -0.455 e. The first kappa shape index (κ1) is 26.7. The second kappa shape index (κ2) is 9.78. The molecule has 0 saturated heterocycles. The van der Waals surface area contributed by atoms with Crippen LogP contribution < -0.4 is 4.74 Å². The highest BCUT2D eigenvalue weighted by Gasteiger charge is 2.36. The lowest BCUT2D eigenvalue weighted by atomic mass is 9.75. The van der Waals surface area contributed by atoms with Crippen molar-refractivity contribution >= 4 is 63.8 Å². The molecule has 222 valence electrons. The summed E-state index contributed by atoms with van der Waals surface area (Å²) in [4.78, 5) is 0. The highest BCUT2D eigenvalue weighted by Crippen LogP contribution is 2.53. The molecule has 0 atom stereocenters. The van der Waals surface area contributed by atoms with Gasteiger partial charge in [-0.2, -0.15) is 0 Å². The van der Waals surface area contributed by atoms with Crippen LogP contribution in [0.15, 0.2) is 146 Å². The number of hydrogen-bond acceptors (Lipinski definition) is 2. The lowest BCUT2D eigenvalue weighted by Crippen LogP contribution is -2.24. The summed E-state index contributed by atoms with van der Waals surface area (Å²) < 4.78 is 9.26.